The molecule has 1 fully saturated rings. The van der Waals surface area contributed by atoms with Gasteiger partial charge in [0, 0.05) is 19.7 Å². The van der Waals surface area contributed by atoms with Crippen molar-refractivity contribution in [2.45, 2.75) is 19.4 Å². The largest absolute Gasteiger partial charge is 0.387 e. The summed E-state index contributed by atoms with van der Waals surface area (Å²) >= 11 is 0. The molecule has 1 heterocycles. The van der Waals surface area contributed by atoms with Crippen LogP contribution in [-0.2, 0) is 4.74 Å². The van der Waals surface area contributed by atoms with Gasteiger partial charge in [0.1, 0.15) is 0 Å². The maximum Gasteiger partial charge on any atom is 0.159 e. The molecule has 3 nitrogen and oxygen atoms in total. The van der Waals surface area contributed by atoms with Crippen LogP contribution in [0.1, 0.15) is 25.0 Å². The third kappa shape index (κ3) is 3.98. The Morgan fingerprint density at radius 1 is 1.40 bits per heavy atom. The van der Waals surface area contributed by atoms with Crippen molar-refractivity contribution in [3.8, 4) is 0 Å². The first-order valence-electron chi connectivity index (χ1n) is 7.03. The molecule has 0 bridgehead atoms. The van der Waals surface area contributed by atoms with E-state index in [1.807, 2.05) is 6.92 Å². The van der Waals surface area contributed by atoms with E-state index in [1.54, 1.807) is 0 Å². The van der Waals surface area contributed by atoms with Crippen LogP contribution < -0.4 is 0 Å². The highest BCUT2D eigenvalue weighted by molar-refractivity contribution is 5.20. The van der Waals surface area contributed by atoms with Gasteiger partial charge in [-0.05, 0) is 43.5 Å². The van der Waals surface area contributed by atoms with Gasteiger partial charge in [-0.15, -0.1) is 0 Å². The van der Waals surface area contributed by atoms with Crippen LogP contribution in [0, 0.1) is 17.6 Å². The molecule has 112 valence electrons. The smallest absolute Gasteiger partial charge is 0.159 e. The molecule has 2 atom stereocenters. The molecule has 1 aromatic rings. The monoisotopic (exact) mass is 285 g/mol. The van der Waals surface area contributed by atoms with Gasteiger partial charge in [0.15, 0.2) is 11.6 Å². The minimum Gasteiger partial charge on any atom is -0.387 e. The van der Waals surface area contributed by atoms with Crippen molar-refractivity contribution >= 4 is 0 Å². The first kappa shape index (κ1) is 15.4. The van der Waals surface area contributed by atoms with E-state index in [0.29, 0.717) is 24.6 Å². The third-order valence-electron chi connectivity index (χ3n) is 3.69. The quantitative estimate of drug-likeness (QED) is 0.871. The van der Waals surface area contributed by atoms with Gasteiger partial charge >= 0.3 is 0 Å². The van der Waals surface area contributed by atoms with Gasteiger partial charge in [-0.3, -0.25) is 0 Å². The van der Waals surface area contributed by atoms with Gasteiger partial charge in [0.05, 0.1) is 12.7 Å². The normalized spacial score (nSPS) is 21.3. The van der Waals surface area contributed by atoms with Crippen LogP contribution in [0.5, 0.6) is 0 Å². The van der Waals surface area contributed by atoms with Crippen molar-refractivity contribution in [1.82, 2.24) is 4.90 Å². The Hall–Kier alpha value is -1.04. The van der Waals surface area contributed by atoms with Gasteiger partial charge in [-0.2, -0.15) is 0 Å². The lowest BCUT2D eigenvalue weighted by Crippen LogP contribution is -2.27. The standard InChI is InChI=1S/C15H21F2NO2/c1-2-20-10-11-5-6-18(8-11)9-15(19)12-3-4-13(16)14(17)7-12/h3-4,7,11,15,19H,2,5-6,8-10H2,1H3. The van der Waals surface area contributed by atoms with Crippen molar-refractivity contribution in [3.63, 3.8) is 0 Å². The molecule has 0 amide bonds. The number of hydrogen-bond acceptors (Lipinski definition) is 3. The molecule has 2 rings (SSSR count). The SMILES string of the molecule is CCOCC1CCN(CC(O)c2ccc(F)c(F)c2)C1. The minimum absolute atomic E-state index is 0.414. The highest BCUT2D eigenvalue weighted by Crippen LogP contribution is 2.22. The first-order valence-corrected chi connectivity index (χ1v) is 7.03. The number of nitrogens with zero attached hydrogens (tertiary/aromatic N) is 1. The van der Waals surface area contributed by atoms with Crippen molar-refractivity contribution in [2.75, 3.05) is 32.8 Å². The molecular weight excluding hydrogens is 264 g/mol. The van der Waals surface area contributed by atoms with Crippen LogP contribution in [0.4, 0.5) is 8.78 Å². The summed E-state index contributed by atoms with van der Waals surface area (Å²) in [6.45, 7) is 5.65. The fourth-order valence-electron chi connectivity index (χ4n) is 2.57. The highest BCUT2D eigenvalue weighted by Gasteiger charge is 2.24. The lowest BCUT2D eigenvalue weighted by molar-refractivity contribution is 0.0999. The van der Waals surface area contributed by atoms with Crippen LogP contribution in [0.3, 0.4) is 0 Å². The molecule has 1 aliphatic heterocycles. The summed E-state index contributed by atoms with van der Waals surface area (Å²) in [5, 5.41) is 10.1. The lowest BCUT2D eigenvalue weighted by atomic mass is 10.1. The Morgan fingerprint density at radius 3 is 2.90 bits per heavy atom. The minimum atomic E-state index is -0.919. The summed E-state index contributed by atoms with van der Waals surface area (Å²) in [6, 6.07) is 3.54. The maximum atomic E-state index is 13.1. The van der Waals surface area contributed by atoms with E-state index < -0.39 is 17.7 Å². The maximum absolute atomic E-state index is 13.1. The molecule has 5 heteroatoms. The number of likely N-dealkylation sites (tertiary alicyclic amines) is 1. The van der Waals surface area contributed by atoms with E-state index in [4.69, 9.17) is 4.74 Å². The predicted octanol–water partition coefficient (Wildman–Crippen LogP) is 2.36. The zero-order valence-electron chi connectivity index (χ0n) is 11.7. The zero-order valence-corrected chi connectivity index (χ0v) is 11.7. The Morgan fingerprint density at radius 2 is 2.20 bits per heavy atom. The number of benzene rings is 1. The summed E-state index contributed by atoms with van der Waals surface area (Å²) in [6.07, 6.45) is 0.251. The summed E-state index contributed by atoms with van der Waals surface area (Å²) in [5.74, 6) is -1.32. The van der Waals surface area contributed by atoms with Crippen molar-refractivity contribution in [2.24, 2.45) is 5.92 Å². The lowest BCUT2D eigenvalue weighted by Gasteiger charge is -2.20. The third-order valence-corrected chi connectivity index (χ3v) is 3.69. The van der Waals surface area contributed by atoms with Crippen molar-refractivity contribution in [3.05, 3.63) is 35.4 Å². The van der Waals surface area contributed by atoms with E-state index in [0.717, 1.165) is 38.2 Å². The van der Waals surface area contributed by atoms with E-state index >= 15 is 0 Å². The van der Waals surface area contributed by atoms with Crippen LogP contribution in [0.15, 0.2) is 18.2 Å². The molecule has 2 unspecified atom stereocenters. The van der Waals surface area contributed by atoms with Crippen molar-refractivity contribution < 1.29 is 18.6 Å². The number of halogens is 2. The van der Waals surface area contributed by atoms with Crippen LogP contribution >= 0.6 is 0 Å². The number of ether oxygens (including phenoxy) is 1. The first-order chi connectivity index (χ1) is 9.60. The van der Waals surface area contributed by atoms with Gasteiger partial charge in [0.2, 0.25) is 0 Å². The Bertz CT molecular complexity index is 442. The molecule has 0 saturated carbocycles. The molecule has 1 N–H and O–H groups in total. The highest BCUT2D eigenvalue weighted by atomic mass is 19.2. The van der Waals surface area contributed by atoms with E-state index in [1.165, 1.54) is 6.07 Å². The summed E-state index contributed by atoms with van der Waals surface area (Å²) < 4.78 is 31.4. The van der Waals surface area contributed by atoms with Crippen LogP contribution in [0.25, 0.3) is 0 Å². The molecule has 0 radical (unpaired) electrons. The molecule has 1 aromatic carbocycles. The Kier molecular flexibility index (Phi) is 5.46. The number of aliphatic hydroxyl groups is 1. The average Bonchev–Trinajstić information content (AvgIpc) is 2.87. The number of β-amino-alcohol motifs (C(OH)–C–C–N with tert-alkyl or cyclic N) is 1. The zero-order chi connectivity index (χ0) is 14.5. The molecular formula is C15H21F2NO2. The van der Waals surface area contributed by atoms with E-state index in [2.05, 4.69) is 4.90 Å². The molecule has 20 heavy (non-hydrogen) atoms. The molecule has 1 saturated heterocycles. The topological polar surface area (TPSA) is 32.7 Å². The van der Waals surface area contributed by atoms with E-state index in [9.17, 15) is 13.9 Å². The van der Waals surface area contributed by atoms with Crippen molar-refractivity contribution in [1.29, 1.82) is 0 Å². The Labute approximate surface area is 118 Å². The molecule has 0 aromatic heterocycles. The van der Waals surface area contributed by atoms with Gasteiger partial charge in [0.25, 0.3) is 0 Å². The summed E-state index contributed by atoms with van der Waals surface area (Å²) in [5.41, 5.74) is 0.414. The summed E-state index contributed by atoms with van der Waals surface area (Å²) in [4.78, 5) is 2.13. The second-order valence-corrected chi connectivity index (χ2v) is 5.26. The van der Waals surface area contributed by atoms with E-state index in [-0.39, 0.29) is 0 Å². The second-order valence-electron chi connectivity index (χ2n) is 5.26. The van der Waals surface area contributed by atoms with Gasteiger partial charge < -0.3 is 14.7 Å². The second kappa shape index (κ2) is 7.11. The van der Waals surface area contributed by atoms with Gasteiger partial charge in [-0.25, -0.2) is 8.78 Å². The fourth-order valence-corrected chi connectivity index (χ4v) is 2.57. The summed E-state index contributed by atoms with van der Waals surface area (Å²) in [7, 11) is 0. The number of hydrogen-bond donors (Lipinski definition) is 1. The van der Waals surface area contributed by atoms with Crippen LogP contribution in [0.2, 0.25) is 0 Å². The number of rotatable bonds is 6. The fraction of sp³-hybridized carbons (Fsp3) is 0.600. The molecule has 1 aliphatic rings. The predicted molar refractivity (Wildman–Crippen MR) is 72.4 cm³/mol. The molecule has 0 aliphatic carbocycles. The molecule has 0 spiro atoms. The average molecular weight is 285 g/mol. The number of aliphatic hydroxyl groups excluding tert-OH is 1. The Balaban J connectivity index is 1.85. The van der Waals surface area contributed by atoms with Crippen LogP contribution in [-0.4, -0.2) is 42.9 Å². The van der Waals surface area contributed by atoms with Gasteiger partial charge in [-0.1, -0.05) is 6.07 Å².